The third-order valence-corrected chi connectivity index (χ3v) is 3.02. The van der Waals surface area contributed by atoms with Crippen molar-refractivity contribution in [3.05, 3.63) is 54.2 Å². The summed E-state index contributed by atoms with van der Waals surface area (Å²) in [5.74, 6) is 0.791. The van der Waals surface area contributed by atoms with Crippen molar-refractivity contribution in [1.82, 2.24) is 14.6 Å². The molecule has 2 heterocycles. The number of aromatic nitrogens is 3. The standard InChI is InChI=1S/C15H14N4O2/c1-11-6-2-3-7-12(11)21-10-14(20)16-15-18-17-13-8-4-5-9-19(13)15/h2-9H,10H2,1H3,(H,16,18,20). The second kappa shape index (κ2) is 5.62. The van der Waals surface area contributed by atoms with Gasteiger partial charge < -0.3 is 4.74 Å². The summed E-state index contributed by atoms with van der Waals surface area (Å²) < 4.78 is 7.19. The van der Waals surface area contributed by atoms with E-state index >= 15 is 0 Å². The molecule has 0 unspecified atom stereocenters. The molecule has 3 aromatic rings. The van der Waals surface area contributed by atoms with Crippen molar-refractivity contribution in [1.29, 1.82) is 0 Å². The summed E-state index contributed by atoms with van der Waals surface area (Å²) in [5.41, 5.74) is 1.66. The van der Waals surface area contributed by atoms with Gasteiger partial charge in [0.25, 0.3) is 5.91 Å². The van der Waals surface area contributed by atoms with Gasteiger partial charge in [0.05, 0.1) is 0 Å². The maximum absolute atomic E-state index is 11.9. The van der Waals surface area contributed by atoms with E-state index in [1.54, 1.807) is 10.6 Å². The molecule has 6 nitrogen and oxygen atoms in total. The number of amides is 1. The van der Waals surface area contributed by atoms with Crippen LogP contribution in [0.15, 0.2) is 48.7 Å². The van der Waals surface area contributed by atoms with E-state index in [0.29, 0.717) is 17.3 Å². The molecule has 0 saturated heterocycles. The van der Waals surface area contributed by atoms with E-state index in [2.05, 4.69) is 15.5 Å². The maximum atomic E-state index is 11.9. The van der Waals surface area contributed by atoms with Crippen LogP contribution in [0.3, 0.4) is 0 Å². The molecule has 0 aliphatic rings. The van der Waals surface area contributed by atoms with Crippen LogP contribution in [0.5, 0.6) is 5.75 Å². The van der Waals surface area contributed by atoms with Crippen molar-refractivity contribution < 1.29 is 9.53 Å². The molecule has 0 fully saturated rings. The number of nitrogens with one attached hydrogen (secondary N) is 1. The molecule has 1 N–H and O–H groups in total. The number of rotatable bonds is 4. The Kier molecular flexibility index (Phi) is 3.51. The summed E-state index contributed by atoms with van der Waals surface area (Å²) in [7, 11) is 0. The molecule has 3 rings (SSSR count). The zero-order valence-corrected chi connectivity index (χ0v) is 11.5. The van der Waals surface area contributed by atoms with Crippen molar-refractivity contribution in [2.45, 2.75) is 6.92 Å². The Morgan fingerprint density at radius 2 is 2.00 bits per heavy atom. The highest BCUT2D eigenvalue weighted by Gasteiger charge is 2.09. The summed E-state index contributed by atoms with van der Waals surface area (Å²) in [6.07, 6.45) is 1.78. The molecule has 1 amide bonds. The molecule has 0 radical (unpaired) electrons. The molecule has 106 valence electrons. The largest absolute Gasteiger partial charge is 0.483 e. The second-order valence-electron chi connectivity index (χ2n) is 4.55. The van der Waals surface area contributed by atoms with Crippen molar-refractivity contribution in [3.8, 4) is 5.75 Å². The van der Waals surface area contributed by atoms with E-state index in [0.717, 1.165) is 5.56 Å². The van der Waals surface area contributed by atoms with E-state index in [1.165, 1.54) is 0 Å². The number of carbonyl (C=O) groups excluding carboxylic acids is 1. The fourth-order valence-corrected chi connectivity index (χ4v) is 1.95. The van der Waals surface area contributed by atoms with Crippen molar-refractivity contribution in [2.24, 2.45) is 0 Å². The molecular formula is C15H14N4O2. The highest BCUT2D eigenvalue weighted by molar-refractivity contribution is 5.90. The third kappa shape index (κ3) is 2.84. The number of ether oxygens (including phenoxy) is 1. The minimum absolute atomic E-state index is 0.0768. The average molecular weight is 282 g/mol. The van der Waals surface area contributed by atoms with Crippen LogP contribution >= 0.6 is 0 Å². The zero-order valence-electron chi connectivity index (χ0n) is 11.5. The van der Waals surface area contributed by atoms with Crippen LogP contribution < -0.4 is 10.1 Å². The quantitative estimate of drug-likeness (QED) is 0.795. The van der Waals surface area contributed by atoms with Crippen LogP contribution in [0.2, 0.25) is 0 Å². The number of aryl methyl sites for hydroxylation is 1. The Morgan fingerprint density at radius 3 is 2.86 bits per heavy atom. The Balaban J connectivity index is 1.66. The molecule has 2 aromatic heterocycles. The molecule has 1 aromatic carbocycles. The fraction of sp³-hybridized carbons (Fsp3) is 0.133. The summed E-state index contributed by atoms with van der Waals surface area (Å²) in [6, 6.07) is 13.1. The van der Waals surface area contributed by atoms with Gasteiger partial charge in [-0.05, 0) is 30.7 Å². The first-order chi connectivity index (χ1) is 10.2. The predicted molar refractivity (Wildman–Crippen MR) is 78.3 cm³/mol. The Labute approximate surface area is 121 Å². The number of anilines is 1. The number of hydrogen-bond donors (Lipinski definition) is 1. The highest BCUT2D eigenvalue weighted by atomic mass is 16.5. The monoisotopic (exact) mass is 282 g/mol. The topological polar surface area (TPSA) is 68.5 Å². The lowest BCUT2D eigenvalue weighted by Gasteiger charge is -2.08. The summed E-state index contributed by atoms with van der Waals surface area (Å²) in [4.78, 5) is 11.9. The maximum Gasteiger partial charge on any atom is 0.264 e. The van der Waals surface area contributed by atoms with Gasteiger partial charge in [-0.2, -0.15) is 0 Å². The van der Waals surface area contributed by atoms with Crippen LogP contribution in [-0.2, 0) is 4.79 Å². The number of para-hydroxylation sites is 1. The minimum Gasteiger partial charge on any atom is -0.483 e. The number of carbonyl (C=O) groups is 1. The Morgan fingerprint density at radius 1 is 1.19 bits per heavy atom. The van der Waals surface area contributed by atoms with Crippen molar-refractivity contribution >= 4 is 17.5 Å². The molecule has 6 heteroatoms. The zero-order chi connectivity index (χ0) is 14.7. The van der Waals surface area contributed by atoms with E-state index in [1.807, 2.05) is 49.4 Å². The van der Waals surface area contributed by atoms with E-state index in [4.69, 9.17) is 4.74 Å². The summed E-state index contributed by atoms with van der Waals surface area (Å²) in [5, 5.41) is 10.6. The molecule has 0 spiro atoms. The number of nitrogens with zero attached hydrogens (tertiary/aromatic N) is 3. The van der Waals surface area contributed by atoms with Gasteiger partial charge in [0.15, 0.2) is 12.3 Å². The van der Waals surface area contributed by atoms with E-state index < -0.39 is 0 Å². The molecule has 0 bridgehead atoms. The molecule has 21 heavy (non-hydrogen) atoms. The van der Waals surface area contributed by atoms with E-state index in [9.17, 15) is 4.79 Å². The molecule has 0 aliphatic carbocycles. The van der Waals surface area contributed by atoms with Gasteiger partial charge >= 0.3 is 0 Å². The summed E-state index contributed by atoms with van der Waals surface area (Å²) in [6.45, 7) is 1.85. The lowest BCUT2D eigenvalue weighted by molar-refractivity contribution is -0.118. The Bertz CT molecular complexity index is 782. The predicted octanol–water partition coefficient (Wildman–Crippen LogP) is 2.06. The molecule has 0 atom stereocenters. The number of fused-ring (bicyclic) bond motifs is 1. The number of benzene rings is 1. The van der Waals surface area contributed by atoms with Crippen molar-refractivity contribution in [2.75, 3.05) is 11.9 Å². The summed E-state index contributed by atoms with van der Waals surface area (Å²) >= 11 is 0. The van der Waals surface area contributed by atoms with Crippen LogP contribution in [-0.4, -0.2) is 27.1 Å². The molecule has 0 saturated carbocycles. The van der Waals surface area contributed by atoms with Gasteiger partial charge in [0.2, 0.25) is 5.95 Å². The van der Waals surface area contributed by atoms with Crippen LogP contribution in [0.25, 0.3) is 5.65 Å². The van der Waals surface area contributed by atoms with Crippen molar-refractivity contribution in [3.63, 3.8) is 0 Å². The van der Waals surface area contributed by atoms with Gasteiger partial charge in [-0.25, -0.2) is 0 Å². The van der Waals surface area contributed by atoms with Gasteiger partial charge in [0.1, 0.15) is 5.75 Å². The number of hydrogen-bond acceptors (Lipinski definition) is 4. The van der Waals surface area contributed by atoms with E-state index in [-0.39, 0.29) is 12.5 Å². The van der Waals surface area contributed by atoms with Gasteiger partial charge in [-0.15, -0.1) is 10.2 Å². The SMILES string of the molecule is Cc1ccccc1OCC(=O)Nc1nnc2ccccn12. The number of pyridine rings is 1. The fourth-order valence-electron chi connectivity index (χ4n) is 1.95. The first-order valence-electron chi connectivity index (χ1n) is 6.52. The molecule has 0 aliphatic heterocycles. The second-order valence-corrected chi connectivity index (χ2v) is 4.55. The smallest absolute Gasteiger partial charge is 0.264 e. The average Bonchev–Trinajstić information content (AvgIpc) is 2.90. The van der Waals surface area contributed by atoms with Gasteiger partial charge in [-0.3, -0.25) is 14.5 Å². The first kappa shape index (κ1) is 13.1. The van der Waals surface area contributed by atoms with Gasteiger partial charge in [-0.1, -0.05) is 24.3 Å². The highest BCUT2D eigenvalue weighted by Crippen LogP contribution is 2.16. The normalized spacial score (nSPS) is 10.5. The lowest BCUT2D eigenvalue weighted by atomic mass is 10.2. The van der Waals surface area contributed by atoms with Crippen LogP contribution in [0.4, 0.5) is 5.95 Å². The third-order valence-electron chi connectivity index (χ3n) is 3.02. The molecular weight excluding hydrogens is 268 g/mol. The minimum atomic E-state index is -0.281. The van der Waals surface area contributed by atoms with Crippen LogP contribution in [0, 0.1) is 6.92 Å². The lowest BCUT2D eigenvalue weighted by Crippen LogP contribution is -2.21. The van der Waals surface area contributed by atoms with Crippen LogP contribution in [0.1, 0.15) is 5.56 Å². The first-order valence-corrected chi connectivity index (χ1v) is 6.52. The Hall–Kier alpha value is -2.89. The van der Waals surface area contributed by atoms with Gasteiger partial charge in [0, 0.05) is 6.20 Å².